The predicted octanol–water partition coefficient (Wildman–Crippen LogP) is 15.4. The molecule has 11 aromatic rings. The van der Waals surface area contributed by atoms with Crippen LogP contribution in [0, 0.1) is 0 Å². The SMILES string of the molecule is c1ccc(-c2ccccc2-c2c3ccccc3c(-c3c(-c4cccc5ccccc45)cccc3-c3cccc4c3oc3ccccc34)c3ccccc23)cc1. The number of rotatable bonds is 5. The van der Waals surface area contributed by atoms with E-state index in [1.807, 2.05) is 6.07 Å². The Hall–Kier alpha value is -7.22. The Bertz CT molecular complexity index is 3190. The van der Waals surface area contributed by atoms with Gasteiger partial charge in [0.25, 0.3) is 0 Å². The fourth-order valence-corrected chi connectivity index (χ4v) is 8.95. The van der Waals surface area contributed by atoms with E-state index in [0.29, 0.717) is 0 Å². The van der Waals surface area contributed by atoms with Crippen molar-refractivity contribution in [3.05, 3.63) is 206 Å². The molecular weight excluding hydrogens is 665 g/mol. The second-order valence-electron chi connectivity index (χ2n) is 14.3. The molecule has 0 spiro atoms. The molecule has 0 N–H and O–H groups in total. The summed E-state index contributed by atoms with van der Waals surface area (Å²) in [5.41, 5.74) is 13.7. The van der Waals surface area contributed by atoms with Gasteiger partial charge in [0.05, 0.1) is 0 Å². The maximum atomic E-state index is 6.75. The van der Waals surface area contributed by atoms with Gasteiger partial charge in [-0.3, -0.25) is 0 Å². The molecule has 10 aromatic carbocycles. The van der Waals surface area contributed by atoms with Crippen LogP contribution in [0.15, 0.2) is 211 Å². The first-order chi connectivity index (χ1) is 27.3. The van der Waals surface area contributed by atoms with Crippen LogP contribution < -0.4 is 0 Å². The van der Waals surface area contributed by atoms with Crippen LogP contribution in [0.5, 0.6) is 0 Å². The minimum atomic E-state index is 0.897. The Balaban J connectivity index is 1.31. The van der Waals surface area contributed by atoms with Crippen LogP contribution in [0.1, 0.15) is 0 Å². The summed E-state index contributed by atoms with van der Waals surface area (Å²) in [5, 5.41) is 9.57. The highest BCUT2D eigenvalue weighted by atomic mass is 16.3. The van der Waals surface area contributed by atoms with Crippen LogP contribution >= 0.6 is 0 Å². The van der Waals surface area contributed by atoms with Gasteiger partial charge in [-0.25, -0.2) is 0 Å². The molecule has 0 unspecified atom stereocenters. The monoisotopic (exact) mass is 698 g/mol. The summed E-state index contributed by atoms with van der Waals surface area (Å²) in [6.45, 7) is 0. The van der Waals surface area contributed by atoms with Crippen LogP contribution in [0.25, 0.3) is 110 Å². The largest absolute Gasteiger partial charge is 0.455 e. The van der Waals surface area contributed by atoms with E-state index in [2.05, 4.69) is 200 Å². The first kappa shape index (κ1) is 31.3. The molecule has 256 valence electrons. The van der Waals surface area contributed by atoms with E-state index in [9.17, 15) is 0 Å². The molecule has 0 atom stereocenters. The van der Waals surface area contributed by atoms with Gasteiger partial charge in [0.1, 0.15) is 11.2 Å². The third-order valence-electron chi connectivity index (χ3n) is 11.3. The van der Waals surface area contributed by atoms with Gasteiger partial charge < -0.3 is 4.42 Å². The lowest BCUT2D eigenvalue weighted by Crippen LogP contribution is -1.96. The average molecular weight is 699 g/mol. The predicted molar refractivity (Wildman–Crippen MR) is 233 cm³/mol. The summed E-state index contributed by atoms with van der Waals surface area (Å²) in [4.78, 5) is 0. The summed E-state index contributed by atoms with van der Waals surface area (Å²) in [7, 11) is 0. The summed E-state index contributed by atoms with van der Waals surface area (Å²) in [6.07, 6.45) is 0. The Morgan fingerprint density at radius 3 is 1.44 bits per heavy atom. The Morgan fingerprint density at radius 2 is 0.691 bits per heavy atom. The van der Waals surface area contributed by atoms with Crippen LogP contribution in [-0.2, 0) is 0 Å². The van der Waals surface area contributed by atoms with Crippen molar-refractivity contribution < 1.29 is 4.42 Å². The number of hydrogen-bond acceptors (Lipinski definition) is 1. The molecule has 1 heteroatoms. The Kier molecular flexibility index (Phi) is 7.25. The molecule has 0 fully saturated rings. The first-order valence-corrected chi connectivity index (χ1v) is 18.9. The van der Waals surface area contributed by atoms with Crippen molar-refractivity contribution in [2.24, 2.45) is 0 Å². The molecule has 0 bridgehead atoms. The number of para-hydroxylation sites is 2. The molecule has 0 aliphatic carbocycles. The van der Waals surface area contributed by atoms with Crippen LogP contribution in [0.3, 0.4) is 0 Å². The molecule has 0 saturated carbocycles. The van der Waals surface area contributed by atoms with Crippen LogP contribution in [0.4, 0.5) is 0 Å². The Labute approximate surface area is 319 Å². The molecule has 0 saturated heterocycles. The molecule has 1 heterocycles. The Morgan fingerprint density at radius 1 is 0.236 bits per heavy atom. The van der Waals surface area contributed by atoms with Gasteiger partial charge in [0.15, 0.2) is 0 Å². The lowest BCUT2D eigenvalue weighted by atomic mass is 9.79. The van der Waals surface area contributed by atoms with E-state index in [0.717, 1.165) is 33.1 Å². The highest BCUT2D eigenvalue weighted by molar-refractivity contribution is 6.25. The van der Waals surface area contributed by atoms with Crippen molar-refractivity contribution in [3.63, 3.8) is 0 Å². The maximum absolute atomic E-state index is 6.75. The standard InChI is InChI=1S/C54H34O/c1-2-17-35(18-3-1)38-22-6-7-24-41(38)51-43-25-8-10-27-45(43)53(46-28-11-9-26-44(46)51)52-42(39-29-14-20-36-19-4-5-21-37(36)39)30-15-31-47(52)49-33-16-32-48-40-23-12-13-34-50(40)55-54(48)49/h1-34H. The summed E-state index contributed by atoms with van der Waals surface area (Å²) in [6, 6.07) is 74.8. The van der Waals surface area contributed by atoms with Crippen molar-refractivity contribution in [2.75, 3.05) is 0 Å². The van der Waals surface area contributed by atoms with E-state index < -0.39 is 0 Å². The molecule has 55 heavy (non-hydrogen) atoms. The zero-order valence-electron chi connectivity index (χ0n) is 30.0. The van der Waals surface area contributed by atoms with Gasteiger partial charge >= 0.3 is 0 Å². The third-order valence-corrected chi connectivity index (χ3v) is 11.3. The first-order valence-electron chi connectivity index (χ1n) is 18.9. The van der Waals surface area contributed by atoms with E-state index in [1.165, 1.54) is 76.8 Å². The molecule has 11 rings (SSSR count). The molecule has 0 radical (unpaired) electrons. The fourth-order valence-electron chi connectivity index (χ4n) is 8.95. The van der Waals surface area contributed by atoms with Crippen molar-refractivity contribution in [1.29, 1.82) is 0 Å². The highest BCUT2D eigenvalue weighted by Crippen LogP contribution is 2.52. The number of hydrogen-bond donors (Lipinski definition) is 0. The minimum Gasteiger partial charge on any atom is -0.455 e. The molecule has 0 aliphatic rings. The number of fused-ring (bicyclic) bond motifs is 6. The van der Waals surface area contributed by atoms with Crippen LogP contribution in [-0.4, -0.2) is 0 Å². The summed E-state index contributed by atoms with van der Waals surface area (Å²) < 4.78 is 6.75. The lowest BCUT2D eigenvalue weighted by molar-refractivity contribution is 0.670. The topological polar surface area (TPSA) is 13.1 Å². The van der Waals surface area contributed by atoms with E-state index in [1.54, 1.807) is 0 Å². The van der Waals surface area contributed by atoms with Crippen molar-refractivity contribution in [1.82, 2.24) is 0 Å². The van der Waals surface area contributed by atoms with E-state index >= 15 is 0 Å². The van der Waals surface area contributed by atoms with E-state index in [-0.39, 0.29) is 0 Å². The molecule has 1 aromatic heterocycles. The fraction of sp³-hybridized carbons (Fsp3) is 0. The van der Waals surface area contributed by atoms with Gasteiger partial charge in [0.2, 0.25) is 0 Å². The van der Waals surface area contributed by atoms with Crippen LogP contribution in [0.2, 0.25) is 0 Å². The lowest BCUT2D eigenvalue weighted by Gasteiger charge is -2.23. The van der Waals surface area contributed by atoms with E-state index in [4.69, 9.17) is 4.42 Å². The summed E-state index contributed by atoms with van der Waals surface area (Å²) >= 11 is 0. The molecule has 0 aliphatic heterocycles. The smallest absolute Gasteiger partial charge is 0.143 e. The number of benzene rings is 10. The van der Waals surface area contributed by atoms with Crippen molar-refractivity contribution in [3.8, 4) is 55.6 Å². The molecule has 1 nitrogen and oxygen atoms in total. The van der Waals surface area contributed by atoms with Crippen molar-refractivity contribution in [2.45, 2.75) is 0 Å². The quantitative estimate of drug-likeness (QED) is 0.163. The second kappa shape index (κ2) is 12.7. The van der Waals surface area contributed by atoms with Gasteiger partial charge in [-0.05, 0) is 88.5 Å². The average Bonchev–Trinajstić information content (AvgIpc) is 3.65. The molecule has 0 amide bonds. The zero-order valence-corrected chi connectivity index (χ0v) is 30.0. The minimum absolute atomic E-state index is 0.897. The second-order valence-corrected chi connectivity index (χ2v) is 14.3. The summed E-state index contributed by atoms with van der Waals surface area (Å²) in [5.74, 6) is 0. The maximum Gasteiger partial charge on any atom is 0.143 e. The zero-order chi connectivity index (χ0) is 36.3. The third kappa shape index (κ3) is 4.94. The molecular formula is C54H34O. The van der Waals surface area contributed by atoms with Gasteiger partial charge in [-0.1, -0.05) is 200 Å². The van der Waals surface area contributed by atoms with Gasteiger partial charge in [-0.2, -0.15) is 0 Å². The van der Waals surface area contributed by atoms with Gasteiger partial charge in [-0.15, -0.1) is 0 Å². The van der Waals surface area contributed by atoms with Crippen molar-refractivity contribution >= 4 is 54.3 Å². The number of furan rings is 1. The normalized spacial score (nSPS) is 11.6. The highest BCUT2D eigenvalue weighted by Gasteiger charge is 2.25. The van der Waals surface area contributed by atoms with Gasteiger partial charge in [0, 0.05) is 16.3 Å².